The maximum atomic E-state index is 14.9. The van der Waals surface area contributed by atoms with Crippen LogP contribution in [0.3, 0.4) is 0 Å². The van der Waals surface area contributed by atoms with Crippen molar-refractivity contribution in [3.63, 3.8) is 0 Å². The standard InChI is InChI=1S/C94H133N9O29S/c1-9-53(4)86(81(117)41-62(35-59-21-26-66(108)27-22-59)89(127)98-73(34-52(2)3)77(113)39-63(43-84(121)122)88(126)97-55(6)16-13-14-32-95)102-91(129)65(48-104)42-78(114)74(37-60-23-28-67(109)29-24-60)99-90(128)64(44-85(123)124)40-79(115)76(49-105)101-93(131)72(57(8)107)46-80(116)75(36-58-17-11-10-12-18-58)100-92(130)71(56(7)106)45-69(111)47-96-87(125)61(25-31-83(119)120)38-70(112)51-133-50-68(110)19-15-33-103-82(118)30-20-54(5)94(103)132/h10-12,17-18,21-24,26-29,52-57,61-65,71-76,86,104-109H,9,13-16,19-20,25,30-51,95H2,1-8H3,(H,96,125)(H,97,126)(H,98,127)(H,99,128)(H,100,130)(H,101,131)(H,102,129)(H,119,120)(H,121,122)(H,123,124)/t53-,54-,55+,56+,57+,61+,62+,63-,64-,65-,71-,72-,73-,74-,75-,76-,86-/m0/s1. The number of nitrogens with zero attached hydrogens (tertiary/aromatic N) is 1. The van der Waals surface area contributed by atoms with Crippen molar-refractivity contribution < 1.29 is 142 Å². The minimum Gasteiger partial charge on any atom is -0.508 e. The summed E-state index contributed by atoms with van der Waals surface area (Å²) in [7, 11) is 0. The Morgan fingerprint density at radius 1 is 0.459 bits per heavy atom. The van der Waals surface area contributed by atoms with Crippen molar-refractivity contribution in [3.8, 4) is 11.5 Å². The summed E-state index contributed by atoms with van der Waals surface area (Å²) in [6.07, 6.45) is -9.37. The molecule has 17 atom stereocenters. The first-order valence-electron chi connectivity index (χ1n) is 45.0. The van der Waals surface area contributed by atoms with Crippen LogP contribution in [0, 0.1) is 59.2 Å². The van der Waals surface area contributed by atoms with E-state index in [1.165, 1.54) is 48.5 Å². The van der Waals surface area contributed by atoms with Crippen LogP contribution in [0.2, 0.25) is 0 Å². The van der Waals surface area contributed by atoms with Crippen molar-refractivity contribution in [2.75, 3.05) is 44.4 Å². The number of unbranched alkanes of at least 4 members (excludes halogenated alkanes) is 1. The number of hydrogen-bond acceptors (Lipinski definition) is 28. The second-order valence-corrected chi connectivity index (χ2v) is 36.0. The summed E-state index contributed by atoms with van der Waals surface area (Å²) in [5.74, 6) is -31.2. The van der Waals surface area contributed by atoms with Crippen LogP contribution < -0.4 is 43.0 Å². The molecule has 1 saturated heterocycles. The second-order valence-electron chi connectivity index (χ2n) is 35.1. The van der Waals surface area contributed by atoms with Crippen molar-refractivity contribution in [3.05, 3.63) is 95.6 Å². The molecule has 1 fully saturated rings. The van der Waals surface area contributed by atoms with E-state index < -0.39 is 286 Å². The molecule has 0 unspecified atom stereocenters. The van der Waals surface area contributed by atoms with E-state index in [1.54, 1.807) is 71.9 Å². The maximum absolute atomic E-state index is 14.9. The summed E-state index contributed by atoms with van der Waals surface area (Å²) in [6, 6.07) is 10.4. The number of amides is 9. The van der Waals surface area contributed by atoms with E-state index in [2.05, 4.69) is 37.2 Å². The number of aliphatic hydroxyl groups is 4. The van der Waals surface area contributed by atoms with Gasteiger partial charge in [-0.05, 0) is 138 Å². The number of nitrogens with two attached hydrogens (primary N) is 1. The average molecular weight is 1890 g/mol. The first-order chi connectivity index (χ1) is 62.8. The van der Waals surface area contributed by atoms with Gasteiger partial charge in [-0.2, -0.15) is 0 Å². The van der Waals surface area contributed by atoms with E-state index in [0.29, 0.717) is 43.4 Å². The van der Waals surface area contributed by atoms with Gasteiger partial charge in [-0.3, -0.25) is 101 Å². The quantitative estimate of drug-likeness (QED) is 0.0285. The van der Waals surface area contributed by atoms with Gasteiger partial charge in [0.15, 0.2) is 34.7 Å². The molecule has 0 saturated carbocycles. The number of likely N-dealkylation sites (tertiary alicyclic amines) is 1. The number of imide groups is 1. The SMILES string of the molecule is CC[C@H](C)[C@H](NC(=O)[C@H](CO)CC(=O)[C@H](Cc1ccc(O)cc1)NC(=O)[C@H](CC(=O)O)CC(=O)[C@H](CO)NC(=O)[C@@H](CC(=O)[C@H](Cc1ccccc1)NC(=O)[C@@H](CC(=O)CNC(=O)[C@H](CCC(=O)O)CC(=O)CSCC(=O)CCCN1C(=O)CC[C@H](C)C1=O)[C@@H](C)O)[C@@H](C)O)C(=O)C[C@@H](Cc1ccc(O)cc1)C(=O)N[C@@H](CC(C)C)C(=O)C[C@@H](CC(=O)O)C(=O)N[C@H](C)CCCCN. The number of aliphatic carboxylic acids is 3. The molecule has 1 heterocycles. The molecule has 0 aliphatic carbocycles. The Bertz CT molecular complexity index is 4470. The third kappa shape index (κ3) is 41.3. The molecule has 18 N–H and O–H groups in total. The number of carbonyl (C=O) groups is 20. The van der Waals surface area contributed by atoms with E-state index in [-0.39, 0.29) is 116 Å². The molecule has 0 spiro atoms. The summed E-state index contributed by atoms with van der Waals surface area (Å²) < 4.78 is 0. The normalized spacial score (nSPS) is 16.3. The third-order valence-corrected chi connectivity index (χ3v) is 24.4. The molecule has 39 heteroatoms. The van der Waals surface area contributed by atoms with Crippen LogP contribution in [0.25, 0.3) is 0 Å². The molecule has 3 aromatic rings. The lowest BCUT2D eigenvalue weighted by Crippen LogP contribution is -2.52. The number of benzene rings is 3. The van der Waals surface area contributed by atoms with E-state index >= 15 is 0 Å². The Morgan fingerprint density at radius 3 is 1.46 bits per heavy atom. The van der Waals surface area contributed by atoms with E-state index in [9.17, 15) is 142 Å². The molecule has 3 aromatic carbocycles. The number of nitrogens with one attached hydrogen (secondary N) is 7. The molecule has 1 aliphatic rings. The fourth-order valence-corrected chi connectivity index (χ4v) is 16.0. The zero-order valence-corrected chi connectivity index (χ0v) is 77.6. The van der Waals surface area contributed by atoms with Gasteiger partial charge >= 0.3 is 17.9 Å². The maximum Gasteiger partial charge on any atom is 0.304 e. The first-order valence-corrected chi connectivity index (χ1v) is 46.2. The zero-order chi connectivity index (χ0) is 99.5. The van der Waals surface area contributed by atoms with E-state index in [4.69, 9.17) is 5.73 Å². The smallest absolute Gasteiger partial charge is 0.304 e. The number of phenols is 2. The van der Waals surface area contributed by atoms with Gasteiger partial charge in [0, 0.05) is 94.5 Å². The number of carboxylic acids is 3. The zero-order valence-electron chi connectivity index (χ0n) is 76.7. The van der Waals surface area contributed by atoms with Crippen LogP contribution >= 0.6 is 11.8 Å². The number of carboxylic acid groups (broad SMARTS) is 3. The largest absolute Gasteiger partial charge is 0.508 e. The lowest BCUT2D eigenvalue weighted by Gasteiger charge is -2.28. The minimum atomic E-state index is -2.00. The molecule has 133 heavy (non-hydrogen) atoms. The highest BCUT2D eigenvalue weighted by Gasteiger charge is 2.41. The summed E-state index contributed by atoms with van der Waals surface area (Å²) in [4.78, 5) is 273. The Hall–Kier alpha value is -11.4. The lowest BCUT2D eigenvalue weighted by molar-refractivity contribution is -0.152. The van der Waals surface area contributed by atoms with Crippen LogP contribution in [0.5, 0.6) is 11.5 Å². The van der Waals surface area contributed by atoms with Gasteiger partial charge in [0.05, 0.1) is 110 Å². The summed E-state index contributed by atoms with van der Waals surface area (Å²) in [5.41, 5.74) is 6.76. The van der Waals surface area contributed by atoms with Crippen LogP contribution in [-0.4, -0.2) is 261 Å². The summed E-state index contributed by atoms with van der Waals surface area (Å²) in [6.45, 7) is 9.90. The summed E-state index contributed by atoms with van der Waals surface area (Å²) >= 11 is 0.943. The fourth-order valence-electron chi connectivity index (χ4n) is 15.2. The van der Waals surface area contributed by atoms with Gasteiger partial charge in [-0.25, -0.2) is 0 Å². The average Bonchev–Trinajstić information content (AvgIpc) is 0.845. The number of aromatic hydroxyl groups is 2. The van der Waals surface area contributed by atoms with Crippen LogP contribution in [-0.2, 0) is 115 Å². The summed E-state index contributed by atoms with van der Waals surface area (Å²) in [5, 5.41) is 111. The van der Waals surface area contributed by atoms with Crippen molar-refractivity contribution in [1.82, 2.24) is 42.1 Å². The topological polar surface area (TPSA) is 637 Å². The number of Topliss-reactive ketones (excluding diaryl/α,β-unsaturated/α-hetero) is 8. The van der Waals surface area contributed by atoms with Gasteiger partial charge in [0.1, 0.15) is 29.1 Å². The third-order valence-electron chi connectivity index (χ3n) is 23.3. The van der Waals surface area contributed by atoms with Crippen LogP contribution in [0.1, 0.15) is 200 Å². The van der Waals surface area contributed by atoms with Gasteiger partial charge < -0.3 is 88.9 Å². The molecule has 38 nitrogen and oxygen atoms in total. The van der Waals surface area contributed by atoms with Crippen LogP contribution in [0.4, 0.5) is 0 Å². The van der Waals surface area contributed by atoms with Crippen molar-refractivity contribution in [1.29, 1.82) is 0 Å². The Kier molecular flexibility index (Phi) is 50.2. The Morgan fingerprint density at radius 2 is 0.932 bits per heavy atom. The monoisotopic (exact) mass is 1880 g/mol. The fraction of sp³-hybridized carbons (Fsp3) is 0.596. The second kappa shape index (κ2) is 58.6. The van der Waals surface area contributed by atoms with Gasteiger partial charge in [-0.1, -0.05) is 102 Å². The highest BCUT2D eigenvalue weighted by molar-refractivity contribution is 8.00. The van der Waals surface area contributed by atoms with Gasteiger partial charge in [0.2, 0.25) is 53.2 Å². The van der Waals surface area contributed by atoms with Gasteiger partial charge in [-0.15, -0.1) is 11.8 Å². The minimum absolute atomic E-state index is 0.0141. The number of carbonyl (C=O) groups excluding carboxylic acids is 17. The highest BCUT2D eigenvalue weighted by Crippen LogP contribution is 2.28. The number of piperidine rings is 1. The molecule has 0 radical (unpaired) electrons. The first kappa shape index (κ1) is 114. The lowest BCUT2D eigenvalue weighted by atomic mass is 9.85. The molecule has 9 amide bonds. The molecule has 4 rings (SSSR count). The van der Waals surface area contributed by atoms with E-state index in [0.717, 1.165) is 30.5 Å². The molecular weight excluding hydrogens is 1750 g/mol. The van der Waals surface area contributed by atoms with Crippen molar-refractivity contribution in [2.24, 2.45) is 64.9 Å². The number of rotatable bonds is 67. The van der Waals surface area contributed by atoms with E-state index in [1.807, 2.05) is 0 Å². The molecule has 1 aliphatic heterocycles. The number of hydrogen-bond donors (Lipinski definition) is 17. The number of phenolic OH excluding ortho intramolecular Hbond substituents is 2. The number of ketones is 8. The highest BCUT2D eigenvalue weighted by atomic mass is 32.2. The molecule has 0 aromatic heterocycles. The predicted molar refractivity (Wildman–Crippen MR) is 483 cm³/mol. The van der Waals surface area contributed by atoms with Crippen molar-refractivity contribution >= 4 is 129 Å². The predicted octanol–water partition coefficient (Wildman–Crippen LogP) is 2.85. The van der Waals surface area contributed by atoms with Crippen LogP contribution in [0.15, 0.2) is 78.9 Å². The number of aliphatic hydroxyl groups excluding tert-OH is 4. The van der Waals surface area contributed by atoms with Crippen molar-refractivity contribution in [2.45, 2.75) is 252 Å². The molecule has 0 bridgehead atoms. The Balaban J connectivity index is 1.52. The molecule has 734 valence electrons. The van der Waals surface area contributed by atoms with Gasteiger partial charge in [0.25, 0.3) is 0 Å². The Labute approximate surface area is 777 Å². The number of thioether (sulfide) groups is 1. The molecular formula is C94H133N9O29S.